The fraction of sp³-hybridized carbons (Fsp3) is 0.769. The lowest BCUT2D eigenvalue weighted by Crippen LogP contribution is -2.46. The maximum Gasteiger partial charge on any atom is 0.332 e. The Bertz CT molecular complexity index is 287. The summed E-state index contributed by atoms with van der Waals surface area (Å²) in [5, 5.41) is 26.6. The van der Waals surface area contributed by atoms with E-state index in [0.717, 1.165) is 32.1 Å². The lowest BCUT2D eigenvalue weighted by Gasteiger charge is -2.19. The Morgan fingerprint density at radius 3 is 1.47 bits per heavy atom. The molecule has 110 valence electrons. The first-order valence-electron chi connectivity index (χ1n) is 6.59. The molecule has 0 saturated heterocycles. The Kier molecular flexibility index (Phi) is 7.79. The molecule has 0 aliphatic carbocycles. The summed E-state index contributed by atoms with van der Waals surface area (Å²) in [6.45, 7) is 2.10. The third kappa shape index (κ3) is 4.89. The van der Waals surface area contributed by atoms with Crippen LogP contribution >= 0.6 is 0 Å². The molecule has 0 saturated carbocycles. The average molecular weight is 274 g/mol. The van der Waals surface area contributed by atoms with Crippen molar-refractivity contribution in [1.29, 1.82) is 0 Å². The van der Waals surface area contributed by atoms with Gasteiger partial charge in [-0.2, -0.15) is 0 Å². The van der Waals surface area contributed by atoms with Gasteiger partial charge < -0.3 is 15.3 Å². The second-order valence-electron chi connectivity index (χ2n) is 4.69. The Balaban J connectivity index is 4.26. The highest BCUT2D eigenvalue weighted by molar-refractivity contribution is 6.16. The van der Waals surface area contributed by atoms with Crippen LogP contribution < -0.4 is 0 Å². The van der Waals surface area contributed by atoms with Crippen molar-refractivity contribution in [3.63, 3.8) is 0 Å². The van der Waals surface area contributed by atoms with Gasteiger partial charge in [0.2, 0.25) is 0 Å². The van der Waals surface area contributed by atoms with Crippen molar-refractivity contribution in [1.82, 2.24) is 0 Å². The summed E-state index contributed by atoms with van der Waals surface area (Å²) >= 11 is 0. The van der Waals surface area contributed by atoms with Crippen LogP contribution in [0.1, 0.15) is 58.3 Å². The quantitative estimate of drug-likeness (QED) is 0.394. The van der Waals surface area contributed by atoms with Gasteiger partial charge in [0.1, 0.15) is 0 Å². The van der Waals surface area contributed by atoms with Gasteiger partial charge in [0.25, 0.3) is 5.41 Å². The molecule has 19 heavy (non-hydrogen) atoms. The van der Waals surface area contributed by atoms with Crippen LogP contribution in [0.5, 0.6) is 0 Å². The molecule has 0 amide bonds. The largest absolute Gasteiger partial charge is 0.480 e. The van der Waals surface area contributed by atoms with E-state index in [1.165, 1.54) is 0 Å². The summed E-state index contributed by atoms with van der Waals surface area (Å²) in [5.41, 5.74) is -2.70. The second-order valence-corrected chi connectivity index (χ2v) is 4.69. The molecular weight excluding hydrogens is 252 g/mol. The molecule has 6 heteroatoms. The van der Waals surface area contributed by atoms with Gasteiger partial charge in [-0.25, -0.2) is 0 Å². The van der Waals surface area contributed by atoms with Gasteiger partial charge in [-0.3, -0.25) is 14.4 Å². The van der Waals surface area contributed by atoms with Crippen molar-refractivity contribution in [2.24, 2.45) is 5.41 Å². The molecule has 0 unspecified atom stereocenters. The minimum atomic E-state index is -2.70. The van der Waals surface area contributed by atoms with Crippen LogP contribution in [-0.4, -0.2) is 33.2 Å². The lowest BCUT2D eigenvalue weighted by atomic mass is 9.82. The second kappa shape index (κ2) is 8.50. The summed E-state index contributed by atoms with van der Waals surface area (Å²) < 4.78 is 0. The molecule has 0 aromatic heterocycles. The van der Waals surface area contributed by atoms with Crippen LogP contribution in [0.2, 0.25) is 0 Å². The first-order valence-corrected chi connectivity index (χ1v) is 6.59. The van der Waals surface area contributed by atoms with E-state index in [2.05, 4.69) is 6.92 Å². The number of carbonyl (C=O) groups is 3. The van der Waals surface area contributed by atoms with Crippen LogP contribution in [0.3, 0.4) is 0 Å². The number of aliphatic carboxylic acids is 3. The monoisotopic (exact) mass is 274 g/mol. The SMILES string of the molecule is CCCCCCCCCC(C(=O)O)(C(=O)O)C(=O)O. The van der Waals surface area contributed by atoms with E-state index < -0.39 is 23.3 Å². The molecule has 6 nitrogen and oxygen atoms in total. The van der Waals surface area contributed by atoms with Gasteiger partial charge in [0, 0.05) is 0 Å². The molecule has 0 atom stereocenters. The summed E-state index contributed by atoms with van der Waals surface area (Å²) in [5.74, 6) is -5.42. The smallest absolute Gasteiger partial charge is 0.332 e. The molecule has 0 rings (SSSR count). The minimum Gasteiger partial charge on any atom is -0.480 e. The normalized spacial score (nSPS) is 11.2. The van der Waals surface area contributed by atoms with E-state index >= 15 is 0 Å². The van der Waals surface area contributed by atoms with E-state index in [-0.39, 0.29) is 12.8 Å². The van der Waals surface area contributed by atoms with Gasteiger partial charge in [0.15, 0.2) is 0 Å². The maximum atomic E-state index is 10.9. The molecule has 3 N–H and O–H groups in total. The molecule has 0 aliphatic rings. The summed E-state index contributed by atoms with van der Waals surface area (Å²) in [7, 11) is 0. The first-order chi connectivity index (χ1) is 8.89. The van der Waals surface area contributed by atoms with Gasteiger partial charge in [0.05, 0.1) is 0 Å². The van der Waals surface area contributed by atoms with Crippen LogP contribution in [0.25, 0.3) is 0 Å². The highest BCUT2D eigenvalue weighted by atomic mass is 16.4. The third-order valence-corrected chi connectivity index (χ3v) is 3.25. The minimum absolute atomic E-state index is 0.289. The van der Waals surface area contributed by atoms with Crippen molar-refractivity contribution < 1.29 is 29.7 Å². The zero-order chi connectivity index (χ0) is 14.9. The molecule has 0 aliphatic heterocycles. The third-order valence-electron chi connectivity index (χ3n) is 3.25. The lowest BCUT2D eigenvalue weighted by molar-refractivity contribution is -0.176. The van der Waals surface area contributed by atoms with Crippen molar-refractivity contribution in [2.75, 3.05) is 0 Å². The number of hydrogen-bond acceptors (Lipinski definition) is 3. The number of carboxylic acid groups (broad SMARTS) is 3. The Morgan fingerprint density at radius 1 is 0.737 bits per heavy atom. The zero-order valence-electron chi connectivity index (χ0n) is 11.2. The summed E-state index contributed by atoms with van der Waals surface area (Å²) in [6, 6.07) is 0. The number of unbranched alkanes of at least 4 members (excludes halogenated alkanes) is 6. The topological polar surface area (TPSA) is 112 Å². The molecule has 0 radical (unpaired) electrons. The van der Waals surface area contributed by atoms with Gasteiger partial charge in [-0.15, -0.1) is 0 Å². The van der Waals surface area contributed by atoms with Crippen molar-refractivity contribution >= 4 is 17.9 Å². The number of carboxylic acids is 3. The van der Waals surface area contributed by atoms with Gasteiger partial charge in [-0.05, 0) is 6.42 Å². The first kappa shape index (κ1) is 17.4. The average Bonchev–Trinajstić information content (AvgIpc) is 2.31. The summed E-state index contributed by atoms with van der Waals surface area (Å²) in [6.07, 6.45) is 5.81. The van der Waals surface area contributed by atoms with E-state index in [4.69, 9.17) is 15.3 Å². The van der Waals surface area contributed by atoms with Gasteiger partial charge in [-0.1, -0.05) is 51.9 Å². The molecule has 0 aromatic carbocycles. The van der Waals surface area contributed by atoms with Crippen molar-refractivity contribution in [2.45, 2.75) is 58.3 Å². The number of rotatable bonds is 11. The van der Waals surface area contributed by atoms with E-state index in [1.54, 1.807) is 0 Å². The molecule has 0 bridgehead atoms. The predicted molar refractivity (Wildman–Crippen MR) is 68.0 cm³/mol. The molecule has 0 heterocycles. The fourth-order valence-corrected chi connectivity index (χ4v) is 1.94. The van der Waals surface area contributed by atoms with Gasteiger partial charge >= 0.3 is 17.9 Å². The Morgan fingerprint density at radius 2 is 1.11 bits per heavy atom. The standard InChI is InChI=1S/C13H22O6/c1-2-3-4-5-6-7-8-9-13(10(14)15,11(16)17)12(18)19/h2-9H2,1H3,(H,14,15)(H,16,17)(H,18,19). The van der Waals surface area contributed by atoms with E-state index in [9.17, 15) is 14.4 Å². The molecule has 0 aromatic rings. The summed E-state index contributed by atoms with van der Waals surface area (Å²) in [4.78, 5) is 32.8. The predicted octanol–water partition coefficient (Wildman–Crippen LogP) is 2.37. The zero-order valence-corrected chi connectivity index (χ0v) is 11.2. The highest BCUT2D eigenvalue weighted by Gasteiger charge is 2.53. The van der Waals surface area contributed by atoms with E-state index in [1.807, 2.05) is 0 Å². The molecule has 0 fully saturated rings. The fourth-order valence-electron chi connectivity index (χ4n) is 1.94. The van der Waals surface area contributed by atoms with E-state index in [0.29, 0.717) is 6.42 Å². The Labute approximate surface area is 112 Å². The van der Waals surface area contributed by atoms with Crippen molar-refractivity contribution in [3.05, 3.63) is 0 Å². The Hall–Kier alpha value is -1.59. The number of hydrogen-bond donors (Lipinski definition) is 3. The van der Waals surface area contributed by atoms with Crippen LogP contribution in [-0.2, 0) is 14.4 Å². The molecule has 0 spiro atoms. The highest BCUT2D eigenvalue weighted by Crippen LogP contribution is 2.27. The molecular formula is C13H22O6. The van der Waals surface area contributed by atoms with Crippen LogP contribution in [0, 0.1) is 5.41 Å². The van der Waals surface area contributed by atoms with Crippen LogP contribution in [0.15, 0.2) is 0 Å². The van der Waals surface area contributed by atoms with Crippen LogP contribution in [0.4, 0.5) is 0 Å². The maximum absolute atomic E-state index is 10.9. The van der Waals surface area contributed by atoms with Crippen molar-refractivity contribution in [3.8, 4) is 0 Å².